The monoisotopic (exact) mass is 462 g/mol. The molecule has 0 spiro atoms. The van der Waals surface area contributed by atoms with Crippen molar-refractivity contribution in [3.8, 4) is 0 Å². The Labute approximate surface area is 185 Å². The molecule has 2 aliphatic rings. The molecule has 1 aromatic carbocycles. The number of fused-ring (bicyclic) bond motifs is 1. The topological polar surface area (TPSA) is 117 Å². The van der Waals surface area contributed by atoms with E-state index in [4.69, 9.17) is 0 Å². The van der Waals surface area contributed by atoms with Crippen molar-refractivity contribution in [2.24, 2.45) is 11.8 Å². The molecule has 1 aliphatic carbocycles. The van der Waals surface area contributed by atoms with Gasteiger partial charge in [-0.1, -0.05) is 0 Å². The van der Waals surface area contributed by atoms with Gasteiger partial charge in [0.2, 0.25) is 21.8 Å². The molecule has 31 heavy (non-hydrogen) atoms. The normalized spacial score (nSPS) is 21.6. The van der Waals surface area contributed by atoms with E-state index in [-0.39, 0.29) is 28.5 Å². The smallest absolute Gasteiger partial charge is 0.240 e. The summed E-state index contributed by atoms with van der Waals surface area (Å²) in [6.45, 7) is 0.358. The molecule has 2 amide bonds. The third-order valence-corrected chi connectivity index (χ3v) is 8.06. The number of anilines is 2. The predicted octanol–water partition coefficient (Wildman–Crippen LogP) is 3.14. The number of aromatic nitrogens is 1. The SMILES string of the molecule is O=C1CCCc2cc(S(=O)(=O)NCC3CCC(C(=O)Nc4nccs4)CC3)ccc2N1. The zero-order valence-corrected chi connectivity index (χ0v) is 18.7. The molecule has 3 N–H and O–H groups in total. The number of sulfonamides is 1. The second kappa shape index (κ2) is 9.46. The number of hydrogen-bond donors (Lipinski definition) is 3. The lowest BCUT2D eigenvalue weighted by Crippen LogP contribution is -2.33. The van der Waals surface area contributed by atoms with Crippen molar-refractivity contribution in [2.45, 2.75) is 49.8 Å². The van der Waals surface area contributed by atoms with Gasteiger partial charge in [-0.2, -0.15) is 0 Å². The number of thiazole rings is 1. The first kappa shape index (κ1) is 21.9. The highest BCUT2D eigenvalue weighted by Gasteiger charge is 2.28. The summed E-state index contributed by atoms with van der Waals surface area (Å²) in [7, 11) is -3.63. The van der Waals surface area contributed by atoms with Crippen LogP contribution in [0.4, 0.5) is 10.8 Å². The highest BCUT2D eigenvalue weighted by molar-refractivity contribution is 7.89. The second-order valence-corrected chi connectivity index (χ2v) is 10.8. The van der Waals surface area contributed by atoms with Crippen molar-refractivity contribution in [3.05, 3.63) is 35.3 Å². The average molecular weight is 463 g/mol. The zero-order valence-electron chi connectivity index (χ0n) is 17.1. The van der Waals surface area contributed by atoms with E-state index in [0.29, 0.717) is 36.6 Å². The van der Waals surface area contributed by atoms with Gasteiger partial charge in [0.05, 0.1) is 4.90 Å². The van der Waals surface area contributed by atoms with Gasteiger partial charge in [0.25, 0.3) is 0 Å². The number of carbonyl (C=O) groups is 2. The molecule has 1 aromatic heterocycles. The number of rotatable bonds is 6. The fourth-order valence-corrected chi connectivity index (χ4v) is 5.85. The van der Waals surface area contributed by atoms with Crippen molar-refractivity contribution >= 4 is 44.0 Å². The standard InChI is InChI=1S/C21H26N4O4S2/c26-19-3-1-2-16-12-17(8-9-18(16)24-19)31(28,29)23-13-14-4-6-15(7-5-14)20(27)25-21-22-10-11-30-21/h8-12,14-15,23H,1-7,13H2,(H,24,26)(H,22,25,27). The molecule has 0 unspecified atom stereocenters. The first-order valence-corrected chi connectivity index (χ1v) is 12.9. The van der Waals surface area contributed by atoms with Gasteiger partial charge >= 0.3 is 0 Å². The summed E-state index contributed by atoms with van der Waals surface area (Å²) in [4.78, 5) is 28.3. The summed E-state index contributed by atoms with van der Waals surface area (Å²) in [5.74, 6) is 0.102. The molecular formula is C21H26N4O4S2. The number of aryl methyl sites for hydroxylation is 1. The Bertz CT molecular complexity index is 1050. The second-order valence-electron chi connectivity index (χ2n) is 8.12. The minimum atomic E-state index is -3.63. The van der Waals surface area contributed by atoms with Crippen LogP contribution in [0.5, 0.6) is 0 Å². The Balaban J connectivity index is 1.30. The van der Waals surface area contributed by atoms with Crippen molar-refractivity contribution < 1.29 is 18.0 Å². The van der Waals surface area contributed by atoms with Crippen LogP contribution in [-0.2, 0) is 26.0 Å². The van der Waals surface area contributed by atoms with Gasteiger partial charge in [-0.3, -0.25) is 9.59 Å². The fourth-order valence-electron chi connectivity index (χ4n) is 4.15. The van der Waals surface area contributed by atoms with Crippen LogP contribution in [0.3, 0.4) is 0 Å². The number of benzene rings is 1. The van der Waals surface area contributed by atoms with E-state index < -0.39 is 10.0 Å². The first-order valence-electron chi connectivity index (χ1n) is 10.5. The lowest BCUT2D eigenvalue weighted by molar-refractivity contribution is -0.121. The van der Waals surface area contributed by atoms with Crippen LogP contribution in [-0.4, -0.2) is 31.8 Å². The van der Waals surface area contributed by atoms with Crippen LogP contribution in [0.25, 0.3) is 0 Å². The Morgan fingerprint density at radius 1 is 1.19 bits per heavy atom. The summed E-state index contributed by atoms with van der Waals surface area (Å²) < 4.78 is 28.3. The van der Waals surface area contributed by atoms with E-state index >= 15 is 0 Å². The summed E-state index contributed by atoms with van der Waals surface area (Å²) in [5.41, 5.74) is 1.54. The summed E-state index contributed by atoms with van der Waals surface area (Å²) in [6, 6.07) is 4.86. The zero-order chi connectivity index (χ0) is 21.8. The number of amides is 2. The largest absolute Gasteiger partial charge is 0.326 e. The highest BCUT2D eigenvalue weighted by atomic mass is 32.2. The van der Waals surface area contributed by atoms with Gasteiger partial charge in [0, 0.05) is 36.1 Å². The van der Waals surface area contributed by atoms with E-state index in [2.05, 4.69) is 20.3 Å². The molecule has 166 valence electrons. The molecule has 0 radical (unpaired) electrons. The summed E-state index contributed by atoms with van der Waals surface area (Å²) in [5, 5.41) is 8.10. The van der Waals surface area contributed by atoms with Gasteiger partial charge in [0.1, 0.15) is 0 Å². The maximum absolute atomic E-state index is 12.8. The Morgan fingerprint density at radius 3 is 2.74 bits per heavy atom. The molecule has 1 aliphatic heterocycles. The molecule has 4 rings (SSSR count). The van der Waals surface area contributed by atoms with Crippen molar-refractivity contribution in [1.82, 2.24) is 9.71 Å². The van der Waals surface area contributed by atoms with Gasteiger partial charge in [0.15, 0.2) is 5.13 Å². The predicted molar refractivity (Wildman–Crippen MR) is 119 cm³/mol. The maximum atomic E-state index is 12.8. The lowest BCUT2D eigenvalue weighted by atomic mass is 9.81. The highest BCUT2D eigenvalue weighted by Crippen LogP contribution is 2.30. The average Bonchev–Trinajstić information content (AvgIpc) is 3.19. The van der Waals surface area contributed by atoms with Crippen LogP contribution >= 0.6 is 11.3 Å². The van der Waals surface area contributed by atoms with E-state index in [1.807, 2.05) is 5.38 Å². The Hall–Kier alpha value is -2.30. The molecule has 1 saturated carbocycles. The maximum Gasteiger partial charge on any atom is 0.240 e. The van der Waals surface area contributed by atoms with Crippen molar-refractivity contribution in [2.75, 3.05) is 17.2 Å². The number of carbonyl (C=O) groups excluding carboxylic acids is 2. The first-order chi connectivity index (χ1) is 14.9. The quantitative estimate of drug-likeness (QED) is 0.610. The minimum absolute atomic E-state index is 0.00829. The van der Waals surface area contributed by atoms with E-state index in [1.54, 1.807) is 18.3 Å². The Morgan fingerprint density at radius 2 is 2.00 bits per heavy atom. The molecule has 2 heterocycles. The molecule has 0 saturated heterocycles. The number of nitrogens with one attached hydrogen (secondary N) is 3. The number of hydrogen-bond acceptors (Lipinski definition) is 6. The van der Waals surface area contributed by atoms with E-state index in [1.165, 1.54) is 17.4 Å². The molecule has 1 fully saturated rings. The van der Waals surface area contributed by atoms with Gasteiger partial charge < -0.3 is 10.6 Å². The van der Waals surface area contributed by atoms with Crippen LogP contribution in [0.15, 0.2) is 34.7 Å². The summed E-state index contributed by atoms with van der Waals surface area (Å²) >= 11 is 1.39. The summed E-state index contributed by atoms with van der Waals surface area (Å²) in [6.07, 6.45) is 6.55. The van der Waals surface area contributed by atoms with Crippen molar-refractivity contribution in [1.29, 1.82) is 0 Å². The third kappa shape index (κ3) is 5.50. The molecule has 10 heteroatoms. The third-order valence-electron chi connectivity index (χ3n) is 5.95. The Kier molecular flexibility index (Phi) is 6.68. The molecule has 2 aromatic rings. The van der Waals surface area contributed by atoms with Gasteiger partial charge in [-0.05, 0) is 68.2 Å². The minimum Gasteiger partial charge on any atom is -0.326 e. The van der Waals surface area contributed by atoms with Crippen molar-refractivity contribution in [3.63, 3.8) is 0 Å². The number of nitrogens with zero attached hydrogens (tertiary/aromatic N) is 1. The van der Waals surface area contributed by atoms with E-state index in [9.17, 15) is 18.0 Å². The van der Waals surface area contributed by atoms with E-state index in [0.717, 1.165) is 31.2 Å². The lowest BCUT2D eigenvalue weighted by Gasteiger charge is -2.27. The van der Waals surface area contributed by atoms with Gasteiger partial charge in [-0.15, -0.1) is 11.3 Å². The molecule has 0 atom stereocenters. The molecule has 8 nitrogen and oxygen atoms in total. The van der Waals surface area contributed by atoms with Crippen LogP contribution in [0.2, 0.25) is 0 Å². The van der Waals surface area contributed by atoms with Crippen LogP contribution in [0, 0.1) is 11.8 Å². The molecule has 0 bridgehead atoms. The van der Waals surface area contributed by atoms with Gasteiger partial charge in [-0.25, -0.2) is 18.1 Å². The molecular weight excluding hydrogens is 436 g/mol. The van der Waals surface area contributed by atoms with Crippen LogP contribution < -0.4 is 15.4 Å². The van der Waals surface area contributed by atoms with Crippen LogP contribution in [0.1, 0.15) is 44.1 Å². The fraction of sp³-hybridized carbons (Fsp3) is 0.476.